The molecule has 1 aromatic carbocycles. The van der Waals surface area contributed by atoms with Crippen LogP contribution in [0.5, 0.6) is 0 Å². The number of hydrogen-bond donors (Lipinski definition) is 1. The molecule has 0 unspecified atom stereocenters. The van der Waals surface area contributed by atoms with Crippen molar-refractivity contribution in [2.24, 2.45) is 0 Å². The Bertz CT molecular complexity index is 843. The molecule has 5 nitrogen and oxygen atoms in total. The molecule has 1 N–H and O–H groups in total. The molecule has 2 aliphatic heterocycles. The number of fused-ring (bicyclic) bond motifs is 1. The Morgan fingerprint density at radius 2 is 1.96 bits per heavy atom. The van der Waals surface area contributed by atoms with E-state index in [4.69, 9.17) is 4.74 Å². The summed E-state index contributed by atoms with van der Waals surface area (Å²) in [6, 6.07) is 6.44. The zero-order chi connectivity index (χ0) is 18.3. The summed E-state index contributed by atoms with van der Waals surface area (Å²) in [6.45, 7) is 9.52. The van der Waals surface area contributed by atoms with Gasteiger partial charge in [0, 0.05) is 11.1 Å². The number of nitrogens with zero attached hydrogens (tertiary/aromatic N) is 2. The zero-order valence-corrected chi connectivity index (χ0v) is 15.8. The largest absolute Gasteiger partial charge is 0.378 e. The van der Waals surface area contributed by atoms with Crippen LogP contribution in [0.25, 0.3) is 10.9 Å². The number of ether oxygens (including phenoxy) is 1. The van der Waals surface area contributed by atoms with Crippen molar-refractivity contribution in [3.8, 4) is 0 Å². The van der Waals surface area contributed by atoms with Crippen molar-refractivity contribution in [3.63, 3.8) is 0 Å². The van der Waals surface area contributed by atoms with Gasteiger partial charge in [-0.05, 0) is 64.4 Å². The Balaban J connectivity index is 1.65. The van der Waals surface area contributed by atoms with Crippen LogP contribution in [0.15, 0.2) is 18.2 Å². The molecule has 1 aromatic heterocycles. The predicted octanol–water partition coefficient (Wildman–Crippen LogP) is 2.75. The summed E-state index contributed by atoms with van der Waals surface area (Å²) >= 11 is 0. The van der Waals surface area contributed by atoms with E-state index in [1.165, 1.54) is 12.8 Å². The fourth-order valence-electron chi connectivity index (χ4n) is 4.24. The molecule has 2 saturated heterocycles. The minimum atomic E-state index is -0.0108. The molecule has 138 valence electrons. The van der Waals surface area contributed by atoms with Crippen molar-refractivity contribution < 1.29 is 9.53 Å². The normalized spacial score (nSPS) is 23.7. The maximum Gasteiger partial charge on any atom is 0.252 e. The van der Waals surface area contributed by atoms with E-state index in [2.05, 4.69) is 21.3 Å². The molecule has 0 saturated carbocycles. The van der Waals surface area contributed by atoms with E-state index in [0.29, 0.717) is 13.2 Å². The third-order valence-electron chi connectivity index (χ3n) is 5.83. The standard InChI is InChI=1S/C21H27N3O2/c1-13-6-7-17-16(10-13)20(14(2)15(3)22-17)21(25)23-18-11-26-12-19(18)24-8-4-5-9-24/h6-7,10,18-19H,4-5,8-9,11-12H2,1-3H3,(H,23,25)/t18-,19-/m1/s1. The fourth-order valence-corrected chi connectivity index (χ4v) is 4.24. The van der Waals surface area contributed by atoms with Crippen LogP contribution in [0.3, 0.4) is 0 Å². The molecule has 3 heterocycles. The first kappa shape index (κ1) is 17.4. The lowest BCUT2D eigenvalue weighted by atomic mass is 9.99. The van der Waals surface area contributed by atoms with Crippen molar-refractivity contribution in [3.05, 3.63) is 40.6 Å². The maximum absolute atomic E-state index is 13.2. The van der Waals surface area contributed by atoms with Gasteiger partial charge in [0.15, 0.2) is 0 Å². The van der Waals surface area contributed by atoms with Gasteiger partial charge in [-0.25, -0.2) is 0 Å². The summed E-state index contributed by atoms with van der Waals surface area (Å²) in [7, 11) is 0. The first-order chi connectivity index (χ1) is 12.5. The summed E-state index contributed by atoms with van der Waals surface area (Å²) in [5, 5.41) is 4.20. The van der Waals surface area contributed by atoms with Gasteiger partial charge in [0.2, 0.25) is 0 Å². The fraction of sp³-hybridized carbons (Fsp3) is 0.524. The van der Waals surface area contributed by atoms with Crippen LogP contribution in [0, 0.1) is 20.8 Å². The second kappa shape index (κ2) is 6.97. The van der Waals surface area contributed by atoms with E-state index in [1.54, 1.807) is 0 Å². The highest BCUT2D eigenvalue weighted by Crippen LogP contribution is 2.25. The Morgan fingerprint density at radius 1 is 1.19 bits per heavy atom. The van der Waals surface area contributed by atoms with Crippen LogP contribution in [0.1, 0.15) is 40.0 Å². The average molecular weight is 353 g/mol. The van der Waals surface area contributed by atoms with Gasteiger partial charge in [0.05, 0.1) is 36.4 Å². The van der Waals surface area contributed by atoms with Crippen LogP contribution >= 0.6 is 0 Å². The van der Waals surface area contributed by atoms with Gasteiger partial charge in [-0.3, -0.25) is 14.7 Å². The van der Waals surface area contributed by atoms with Gasteiger partial charge in [-0.2, -0.15) is 0 Å². The van der Waals surface area contributed by atoms with E-state index < -0.39 is 0 Å². The lowest BCUT2D eigenvalue weighted by Gasteiger charge is -2.28. The van der Waals surface area contributed by atoms with Crippen molar-refractivity contribution in [2.75, 3.05) is 26.3 Å². The maximum atomic E-state index is 13.2. The SMILES string of the molecule is Cc1ccc2nc(C)c(C)c(C(=O)N[C@@H]3COC[C@H]3N3CCCC3)c2c1. The van der Waals surface area contributed by atoms with Crippen molar-refractivity contribution >= 4 is 16.8 Å². The summed E-state index contributed by atoms with van der Waals surface area (Å²) < 4.78 is 5.71. The molecular formula is C21H27N3O2. The smallest absolute Gasteiger partial charge is 0.252 e. The van der Waals surface area contributed by atoms with Crippen LogP contribution in [-0.4, -0.2) is 54.2 Å². The highest BCUT2D eigenvalue weighted by Gasteiger charge is 2.35. The summed E-state index contributed by atoms with van der Waals surface area (Å²) in [4.78, 5) is 20.4. The number of pyridine rings is 1. The third kappa shape index (κ3) is 3.10. The first-order valence-corrected chi connectivity index (χ1v) is 9.55. The number of carbonyl (C=O) groups is 1. The molecule has 0 radical (unpaired) electrons. The van der Waals surface area contributed by atoms with Gasteiger partial charge in [-0.1, -0.05) is 11.6 Å². The van der Waals surface area contributed by atoms with E-state index >= 15 is 0 Å². The number of likely N-dealkylation sites (tertiary alicyclic amines) is 1. The Kier molecular flexibility index (Phi) is 4.67. The molecule has 26 heavy (non-hydrogen) atoms. The van der Waals surface area contributed by atoms with Gasteiger partial charge in [0.25, 0.3) is 5.91 Å². The minimum absolute atomic E-state index is 0.0108. The van der Waals surface area contributed by atoms with Gasteiger partial charge < -0.3 is 10.1 Å². The molecule has 2 fully saturated rings. The molecule has 2 aromatic rings. The van der Waals surface area contributed by atoms with E-state index in [1.807, 2.05) is 32.9 Å². The van der Waals surface area contributed by atoms with E-state index in [9.17, 15) is 4.79 Å². The number of nitrogens with one attached hydrogen (secondary N) is 1. The number of aromatic nitrogens is 1. The van der Waals surface area contributed by atoms with Crippen molar-refractivity contribution in [1.82, 2.24) is 15.2 Å². The van der Waals surface area contributed by atoms with Crippen molar-refractivity contribution in [2.45, 2.75) is 45.7 Å². The number of aryl methyl sites for hydroxylation is 2. The van der Waals surface area contributed by atoms with E-state index in [-0.39, 0.29) is 18.0 Å². The molecule has 0 aliphatic carbocycles. The lowest BCUT2D eigenvalue weighted by Crippen LogP contribution is -2.50. The number of carbonyl (C=O) groups excluding carboxylic acids is 1. The average Bonchev–Trinajstić information content (AvgIpc) is 3.27. The summed E-state index contributed by atoms with van der Waals surface area (Å²) in [5.74, 6) is -0.0108. The Morgan fingerprint density at radius 3 is 2.73 bits per heavy atom. The molecule has 2 atom stereocenters. The molecule has 2 aliphatic rings. The Labute approximate surface area is 154 Å². The van der Waals surface area contributed by atoms with Crippen LogP contribution in [0.2, 0.25) is 0 Å². The highest BCUT2D eigenvalue weighted by atomic mass is 16.5. The zero-order valence-electron chi connectivity index (χ0n) is 15.8. The number of amides is 1. The van der Waals surface area contributed by atoms with Gasteiger partial charge in [0.1, 0.15) is 0 Å². The number of rotatable bonds is 3. The molecule has 4 rings (SSSR count). The van der Waals surface area contributed by atoms with Crippen LogP contribution in [0.4, 0.5) is 0 Å². The predicted molar refractivity (Wildman–Crippen MR) is 103 cm³/mol. The van der Waals surface area contributed by atoms with Crippen molar-refractivity contribution in [1.29, 1.82) is 0 Å². The molecule has 5 heteroatoms. The number of hydrogen-bond acceptors (Lipinski definition) is 4. The highest BCUT2D eigenvalue weighted by molar-refractivity contribution is 6.07. The van der Waals surface area contributed by atoms with Crippen LogP contribution < -0.4 is 5.32 Å². The third-order valence-corrected chi connectivity index (χ3v) is 5.83. The topological polar surface area (TPSA) is 54.5 Å². The molecular weight excluding hydrogens is 326 g/mol. The number of benzene rings is 1. The lowest BCUT2D eigenvalue weighted by molar-refractivity contribution is 0.0917. The van der Waals surface area contributed by atoms with Crippen LogP contribution in [-0.2, 0) is 4.74 Å². The minimum Gasteiger partial charge on any atom is -0.378 e. The quantitative estimate of drug-likeness (QED) is 0.922. The molecule has 0 spiro atoms. The monoisotopic (exact) mass is 353 g/mol. The molecule has 0 bridgehead atoms. The van der Waals surface area contributed by atoms with Gasteiger partial charge >= 0.3 is 0 Å². The molecule has 1 amide bonds. The Hall–Kier alpha value is -1.98. The second-order valence-electron chi connectivity index (χ2n) is 7.65. The first-order valence-electron chi connectivity index (χ1n) is 9.55. The summed E-state index contributed by atoms with van der Waals surface area (Å²) in [5.41, 5.74) is 4.63. The van der Waals surface area contributed by atoms with Gasteiger partial charge in [-0.15, -0.1) is 0 Å². The van der Waals surface area contributed by atoms with E-state index in [0.717, 1.165) is 46.4 Å². The summed E-state index contributed by atoms with van der Waals surface area (Å²) in [6.07, 6.45) is 2.48. The second-order valence-corrected chi connectivity index (χ2v) is 7.65.